The van der Waals surface area contributed by atoms with Gasteiger partial charge in [-0.15, -0.1) is 0 Å². The van der Waals surface area contributed by atoms with Gasteiger partial charge in [0, 0.05) is 12.1 Å². The molecule has 17 heteroatoms. The highest BCUT2D eigenvalue weighted by atomic mass is 19.4. The lowest BCUT2D eigenvalue weighted by Gasteiger charge is -2.45. The van der Waals surface area contributed by atoms with Crippen LogP contribution in [0.15, 0.2) is 30.3 Å². The van der Waals surface area contributed by atoms with Gasteiger partial charge in [-0.25, -0.2) is 13.6 Å². The number of benzene rings is 1. The Balaban J connectivity index is 1.95. The van der Waals surface area contributed by atoms with Gasteiger partial charge in [0.2, 0.25) is 5.91 Å². The third-order valence-corrected chi connectivity index (χ3v) is 8.99. The smallest absolute Gasteiger partial charge is 0.384 e. The summed E-state index contributed by atoms with van der Waals surface area (Å²) in [6.45, 7) is 11.5. The van der Waals surface area contributed by atoms with Gasteiger partial charge in [-0.2, -0.15) is 43.9 Å². The zero-order valence-electron chi connectivity index (χ0n) is 29.1. The van der Waals surface area contributed by atoms with Crippen LogP contribution >= 0.6 is 0 Å². The van der Waals surface area contributed by atoms with Gasteiger partial charge in [-0.3, -0.25) is 4.79 Å². The Morgan fingerprint density at radius 1 is 0.784 bits per heavy atom. The van der Waals surface area contributed by atoms with Crippen LogP contribution in [0, 0.1) is 16.2 Å². The fourth-order valence-corrected chi connectivity index (χ4v) is 5.50. The molecule has 292 valence electrons. The van der Waals surface area contributed by atoms with Crippen molar-refractivity contribution in [3.8, 4) is 5.75 Å². The largest absolute Gasteiger partial charge is 0.487 e. The summed E-state index contributed by atoms with van der Waals surface area (Å²) in [5.74, 6) is -37.3. The van der Waals surface area contributed by atoms with E-state index in [1.807, 2.05) is 27.7 Å². The SMILES string of the molecule is CC(C)(C)C[C@](C)(C(=O)N[C@H]1CC[C@H](OC(=O)/C=C/c2ccc(OCC(F)(F)C(F)(F)C(F)(F)C(F)(F)C(F)(F)C(F)F)cc2)CC1)C(C)(C)C. The number of amides is 1. The molecule has 0 heterocycles. The number of rotatable bonds is 14. The van der Waals surface area contributed by atoms with Crippen LogP contribution in [0.25, 0.3) is 6.08 Å². The summed E-state index contributed by atoms with van der Waals surface area (Å²) in [7, 11) is 0. The van der Waals surface area contributed by atoms with Crippen molar-refractivity contribution in [1.29, 1.82) is 0 Å². The van der Waals surface area contributed by atoms with Crippen LogP contribution < -0.4 is 10.1 Å². The van der Waals surface area contributed by atoms with Crippen LogP contribution in [0.5, 0.6) is 5.75 Å². The molecule has 5 nitrogen and oxygen atoms in total. The molecule has 1 saturated carbocycles. The number of nitrogens with one attached hydrogen (secondary N) is 1. The van der Waals surface area contributed by atoms with Crippen LogP contribution in [-0.4, -0.2) is 66.7 Å². The number of alkyl halides is 12. The van der Waals surface area contributed by atoms with E-state index in [1.54, 1.807) is 0 Å². The van der Waals surface area contributed by atoms with Gasteiger partial charge < -0.3 is 14.8 Å². The number of hydrogen-bond acceptors (Lipinski definition) is 4. The van der Waals surface area contributed by atoms with E-state index in [9.17, 15) is 62.3 Å². The monoisotopic (exact) mass is 757 g/mol. The van der Waals surface area contributed by atoms with E-state index in [0.29, 0.717) is 32.1 Å². The average molecular weight is 758 g/mol. The molecule has 1 aliphatic rings. The summed E-state index contributed by atoms with van der Waals surface area (Å²) in [6, 6.07) is 3.78. The molecule has 0 aromatic heterocycles. The minimum atomic E-state index is -7.63. The Morgan fingerprint density at radius 2 is 1.29 bits per heavy atom. The Morgan fingerprint density at radius 3 is 1.75 bits per heavy atom. The second-order valence-corrected chi connectivity index (χ2v) is 15.2. The number of hydrogen-bond donors (Lipinski definition) is 1. The maximum absolute atomic E-state index is 14.0. The molecule has 0 saturated heterocycles. The molecular weight excluding hydrogens is 714 g/mol. The number of halogens is 12. The zero-order chi connectivity index (χ0) is 39.6. The van der Waals surface area contributed by atoms with Gasteiger partial charge in [0.1, 0.15) is 11.9 Å². The minimum Gasteiger partial charge on any atom is -0.487 e. The molecule has 51 heavy (non-hydrogen) atoms. The standard InChI is InChI=1S/C34H43F12NO4/c1-27(2,3)18-29(7,28(4,5)6)26(49)47-21-11-15-23(16-12-21)51-24(48)17-10-20-8-13-22(14-9-20)50-19-30(37,38)32(41,42)34(45,46)33(43,44)31(39,40)25(35)36/h8-10,13-14,17,21,23,25H,11-12,15-16,18-19H2,1-7H3,(H,47,49)/b17-10+/t21-,23-,29-/m1/s1. The van der Waals surface area contributed by atoms with Gasteiger partial charge in [0.15, 0.2) is 6.61 Å². The number of ether oxygens (including phenoxy) is 2. The van der Waals surface area contributed by atoms with E-state index in [1.165, 1.54) is 6.08 Å². The highest BCUT2D eigenvalue weighted by Gasteiger charge is 2.87. The minimum absolute atomic E-state index is 0.0440. The predicted molar refractivity (Wildman–Crippen MR) is 164 cm³/mol. The molecule has 1 N–H and O–H groups in total. The van der Waals surface area contributed by atoms with Gasteiger partial charge in [0.05, 0.1) is 5.41 Å². The highest BCUT2D eigenvalue weighted by Crippen LogP contribution is 2.58. The lowest BCUT2D eigenvalue weighted by molar-refractivity contribution is -0.414. The summed E-state index contributed by atoms with van der Waals surface area (Å²) in [6.07, 6.45) is -1.02. The van der Waals surface area contributed by atoms with Gasteiger partial charge in [0.25, 0.3) is 0 Å². The molecule has 2 rings (SSSR count). The Labute approximate surface area is 288 Å². The first-order valence-electron chi connectivity index (χ1n) is 15.9. The zero-order valence-corrected chi connectivity index (χ0v) is 29.1. The van der Waals surface area contributed by atoms with Crippen molar-refractivity contribution in [1.82, 2.24) is 5.32 Å². The molecule has 0 bridgehead atoms. The summed E-state index contributed by atoms with van der Waals surface area (Å²) in [5, 5.41) is 3.16. The second kappa shape index (κ2) is 15.1. The lowest BCUT2D eigenvalue weighted by atomic mass is 9.60. The van der Waals surface area contributed by atoms with E-state index >= 15 is 0 Å². The van der Waals surface area contributed by atoms with Crippen molar-refractivity contribution in [3.05, 3.63) is 35.9 Å². The summed E-state index contributed by atoms with van der Waals surface area (Å²) < 4.78 is 170. The van der Waals surface area contributed by atoms with Crippen molar-refractivity contribution < 1.29 is 71.7 Å². The second-order valence-electron chi connectivity index (χ2n) is 15.2. The lowest BCUT2D eigenvalue weighted by Crippen LogP contribution is -2.69. The third-order valence-electron chi connectivity index (χ3n) is 8.99. The average Bonchev–Trinajstić information content (AvgIpc) is 2.98. The van der Waals surface area contributed by atoms with Crippen LogP contribution in [0.4, 0.5) is 52.7 Å². The maximum Gasteiger partial charge on any atom is 0.384 e. The van der Waals surface area contributed by atoms with Gasteiger partial charge >= 0.3 is 42.0 Å². The van der Waals surface area contributed by atoms with Crippen LogP contribution in [0.2, 0.25) is 0 Å². The Hall–Kier alpha value is -3.14. The molecule has 1 fully saturated rings. The van der Waals surface area contributed by atoms with Crippen LogP contribution in [-0.2, 0) is 14.3 Å². The van der Waals surface area contributed by atoms with Crippen molar-refractivity contribution >= 4 is 18.0 Å². The topological polar surface area (TPSA) is 64.6 Å². The molecule has 1 aromatic carbocycles. The molecule has 1 amide bonds. The third kappa shape index (κ3) is 9.65. The first kappa shape index (κ1) is 44.0. The molecular formula is C34H43F12NO4. The van der Waals surface area contributed by atoms with Crippen molar-refractivity contribution in [3.63, 3.8) is 0 Å². The van der Waals surface area contributed by atoms with Gasteiger partial charge in [-0.1, -0.05) is 60.6 Å². The first-order valence-corrected chi connectivity index (χ1v) is 15.9. The quantitative estimate of drug-likeness (QED) is 0.117. The van der Waals surface area contributed by atoms with E-state index < -0.39 is 65.9 Å². The molecule has 0 radical (unpaired) electrons. The van der Waals surface area contributed by atoms with E-state index in [4.69, 9.17) is 4.74 Å². The number of carbonyl (C=O) groups excluding carboxylic acids is 2. The number of esters is 1. The van der Waals surface area contributed by atoms with E-state index in [0.717, 1.165) is 30.3 Å². The predicted octanol–water partition coefficient (Wildman–Crippen LogP) is 9.98. The van der Waals surface area contributed by atoms with Crippen LogP contribution in [0.3, 0.4) is 0 Å². The first-order chi connectivity index (χ1) is 22.8. The van der Waals surface area contributed by atoms with Crippen molar-refractivity contribution in [2.45, 2.75) is 129 Å². The number of carbonyl (C=O) groups is 2. The molecule has 1 aliphatic carbocycles. The molecule has 1 atom stereocenters. The molecule has 0 unspecified atom stereocenters. The fraction of sp³-hybridized carbons (Fsp3) is 0.706. The Kier molecular flexibility index (Phi) is 13.0. The highest BCUT2D eigenvalue weighted by molar-refractivity contribution is 5.87. The molecule has 1 aromatic rings. The molecule has 0 aliphatic heterocycles. The summed E-state index contributed by atoms with van der Waals surface area (Å²) >= 11 is 0. The summed E-state index contributed by atoms with van der Waals surface area (Å²) in [5.41, 5.74) is -0.821. The fourth-order valence-electron chi connectivity index (χ4n) is 5.50. The van der Waals surface area contributed by atoms with Crippen LogP contribution in [0.1, 0.15) is 86.1 Å². The maximum atomic E-state index is 14.0. The van der Waals surface area contributed by atoms with E-state index in [-0.39, 0.29) is 28.3 Å². The van der Waals surface area contributed by atoms with Gasteiger partial charge in [-0.05, 0) is 66.7 Å². The Bertz CT molecular complexity index is 1380. The normalized spacial score (nSPS) is 19.9. The van der Waals surface area contributed by atoms with E-state index in [2.05, 4.69) is 30.8 Å². The van der Waals surface area contributed by atoms with Crippen molar-refractivity contribution in [2.75, 3.05) is 6.61 Å². The van der Waals surface area contributed by atoms with Crippen molar-refractivity contribution in [2.24, 2.45) is 16.2 Å². The molecule has 0 spiro atoms. The summed E-state index contributed by atoms with van der Waals surface area (Å²) in [4.78, 5) is 25.8.